The van der Waals surface area contributed by atoms with Crippen LogP contribution in [0.1, 0.15) is 66.7 Å². The summed E-state index contributed by atoms with van der Waals surface area (Å²) in [5, 5.41) is 5.72. The highest BCUT2D eigenvalue weighted by Gasteiger charge is 2.27. The van der Waals surface area contributed by atoms with Crippen LogP contribution in [0.5, 0.6) is 0 Å². The van der Waals surface area contributed by atoms with Crippen LogP contribution in [0.15, 0.2) is 47.4 Å². The molecule has 0 bridgehead atoms. The first kappa shape index (κ1) is 25.2. The number of hydrogen-bond acceptors (Lipinski definition) is 4. The molecule has 7 nitrogen and oxygen atoms in total. The van der Waals surface area contributed by atoms with Gasteiger partial charge in [-0.2, -0.15) is 4.31 Å². The first-order valence-electron chi connectivity index (χ1n) is 11.2. The quantitative estimate of drug-likeness (QED) is 0.587. The second kappa shape index (κ2) is 11.1. The van der Waals surface area contributed by atoms with E-state index in [-0.39, 0.29) is 27.4 Å². The zero-order valence-corrected chi connectivity index (χ0v) is 20.5. The van der Waals surface area contributed by atoms with Crippen LogP contribution >= 0.6 is 11.6 Å². The van der Waals surface area contributed by atoms with E-state index < -0.39 is 15.9 Å². The lowest BCUT2D eigenvalue weighted by Gasteiger charge is -2.20. The molecule has 2 aromatic carbocycles. The monoisotopic (exact) mass is 491 g/mol. The van der Waals surface area contributed by atoms with Crippen molar-refractivity contribution in [3.8, 4) is 0 Å². The Morgan fingerprint density at radius 3 is 2.33 bits per heavy atom. The Hall–Kier alpha value is -2.42. The van der Waals surface area contributed by atoms with Crippen molar-refractivity contribution in [3.05, 3.63) is 58.6 Å². The highest BCUT2D eigenvalue weighted by atomic mass is 35.5. The molecule has 1 atom stereocenters. The van der Waals surface area contributed by atoms with Crippen LogP contribution in [0.3, 0.4) is 0 Å². The maximum atomic E-state index is 13.2. The first-order valence-corrected chi connectivity index (χ1v) is 13.1. The zero-order valence-electron chi connectivity index (χ0n) is 18.9. The average Bonchev–Trinajstić information content (AvgIpc) is 3.09. The number of halogens is 1. The number of para-hydroxylation sites is 1. The number of carbonyl (C=O) groups is 2. The Kier molecular flexibility index (Phi) is 8.51. The normalized spacial score (nSPS) is 16.0. The number of carbonyl (C=O) groups excluding carboxylic acids is 2. The molecule has 2 aromatic rings. The van der Waals surface area contributed by atoms with E-state index >= 15 is 0 Å². The minimum atomic E-state index is -3.74. The van der Waals surface area contributed by atoms with Crippen molar-refractivity contribution in [2.45, 2.75) is 56.9 Å². The van der Waals surface area contributed by atoms with Crippen LogP contribution in [0.4, 0.5) is 5.69 Å². The lowest BCUT2D eigenvalue weighted by molar-refractivity contribution is 0.0940. The molecule has 2 N–H and O–H groups in total. The smallest absolute Gasteiger partial charge is 0.257 e. The number of amides is 2. The fourth-order valence-corrected chi connectivity index (χ4v) is 5.40. The van der Waals surface area contributed by atoms with Gasteiger partial charge in [-0.25, -0.2) is 8.42 Å². The topological polar surface area (TPSA) is 95.6 Å². The molecule has 0 aromatic heterocycles. The van der Waals surface area contributed by atoms with Crippen molar-refractivity contribution < 1.29 is 18.0 Å². The van der Waals surface area contributed by atoms with Crippen LogP contribution in [-0.4, -0.2) is 43.7 Å². The van der Waals surface area contributed by atoms with Gasteiger partial charge in [-0.1, -0.05) is 43.5 Å². The predicted octanol–water partition coefficient (Wildman–Crippen LogP) is 4.69. The molecule has 3 rings (SSSR count). The standard InChI is InChI=1S/C24H30ClN3O4S/c1-3-17(2)26-23(29)19-10-6-7-11-22(19)27-24(30)20-16-18(12-13-21(20)25)33(31,32)28-14-8-4-5-9-15-28/h6-7,10-13,16-17H,3-5,8-9,14-15H2,1-2H3,(H,26,29)(H,27,30)/t17-/m0/s1. The minimum Gasteiger partial charge on any atom is -0.350 e. The molecule has 1 heterocycles. The third-order valence-electron chi connectivity index (χ3n) is 5.80. The van der Waals surface area contributed by atoms with E-state index in [1.54, 1.807) is 24.3 Å². The van der Waals surface area contributed by atoms with E-state index in [2.05, 4.69) is 10.6 Å². The van der Waals surface area contributed by atoms with Crippen molar-refractivity contribution >= 4 is 39.1 Å². The number of nitrogens with zero attached hydrogens (tertiary/aromatic N) is 1. The van der Waals surface area contributed by atoms with E-state index in [0.29, 0.717) is 24.3 Å². The van der Waals surface area contributed by atoms with Gasteiger partial charge in [-0.3, -0.25) is 9.59 Å². The van der Waals surface area contributed by atoms with Gasteiger partial charge in [-0.05, 0) is 56.5 Å². The molecule has 0 unspecified atom stereocenters. The lowest BCUT2D eigenvalue weighted by atomic mass is 10.1. The zero-order chi connectivity index (χ0) is 24.0. The second-order valence-corrected chi connectivity index (χ2v) is 10.6. The van der Waals surface area contributed by atoms with Crippen molar-refractivity contribution in [3.63, 3.8) is 0 Å². The molecule has 33 heavy (non-hydrogen) atoms. The molecular formula is C24H30ClN3O4S. The second-order valence-electron chi connectivity index (χ2n) is 8.24. The van der Waals surface area contributed by atoms with Crippen molar-refractivity contribution in [1.82, 2.24) is 9.62 Å². The van der Waals surface area contributed by atoms with Crippen molar-refractivity contribution in [1.29, 1.82) is 0 Å². The van der Waals surface area contributed by atoms with Crippen LogP contribution in [-0.2, 0) is 10.0 Å². The minimum absolute atomic E-state index is 0.0171. The molecule has 9 heteroatoms. The largest absolute Gasteiger partial charge is 0.350 e. The Balaban J connectivity index is 1.86. The van der Waals surface area contributed by atoms with E-state index in [0.717, 1.165) is 32.1 Å². The van der Waals surface area contributed by atoms with Crippen LogP contribution in [0, 0.1) is 0 Å². The average molecular weight is 492 g/mol. The Morgan fingerprint density at radius 1 is 1.00 bits per heavy atom. The summed E-state index contributed by atoms with van der Waals surface area (Å²) < 4.78 is 27.8. The van der Waals surface area contributed by atoms with Crippen LogP contribution in [0.25, 0.3) is 0 Å². The van der Waals surface area contributed by atoms with Gasteiger partial charge >= 0.3 is 0 Å². The summed E-state index contributed by atoms with van der Waals surface area (Å²) in [5.74, 6) is -0.888. The number of hydrogen-bond donors (Lipinski definition) is 2. The summed E-state index contributed by atoms with van der Waals surface area (Å²) in [6.45, 7) is 4.79. The highest BCUT2D eigenvalue weighted by Crippen LogP contribution is 2.26. The summed E-state index contributed by atoms with van der Waals surface area (Å²) in [7, 11) is -3.74. The number of benzene rings is 2. The number of rotatable bonds is 7. The molecule has 0 aliphatic carbocycles. The van der Waals surface area contributed by atoms with Crippen molar-refractivity contribution in [2.24, 2.45) is 0 Å². The van der Waals surface area contributed by atoms with Gasteiger partial charge in [0, 0.05) is 19.1 Å². The van der Waals surface area contributed by atoms with Gasteiger partial charge in [0.1, 0.15) is 0 Å². The highest BCUT2D eigenvalue weighted by molar-refractivity contribution is 7.89. The molecule has 1 aliphatic rings. The Bertz CT molecular complexity index is 1110. The van der Waals surface area contributed by atoms with Gasteiger partial charge in [0.05, 0.1) is 26.7 Å². The molecule has 0 radical (unpaired) electrons. The maximum absolute atomic E-state index is 13.2. The van der Waals surface area contributed by atoms with Gasteiger partial charge in [0.15, 0.2) is 0 Å². The third-order valence-corrected chi connectivity index (χ3v) is 8.02. The molecule has 2 amide bonds. The third kappa shape index (κ3) is 6.13. The van der Waals surface area contributed by atoms with Crippen LogP contribution in [0.2, 0.25) is 5.02 Å². The summed E-state index contributed by atoms with van der Waals surface area (Å²) in [6.07, 6.45) is 4.41. The fraction of sp³-hybridized carbons (Fsp3) is 0.417. The molecule has 0 saturated carbocycles. The summed E-state index contributed by atoms with van der Waals surface area (Å²) >= 11 is 6.26. The van der Waals surface area contributed by atoms with E-state index in [1.165, 1.54) is 22.5 Å². The predicted molar refractivity (Wildman–Crippen MR) is 130 cm³/mol. The number of anilines is 1. The van der Waals surface area contributed by atoms with Gasteiger partial charge in [-0.15, -0.1) is 0 Å². The van der Waals surface area contributed by atoms with E-state index in [1.807, 2.05) is 13.8 Å². The molecular weight excluding hydrogens is 462 g/mol. The van der Waals surface area contributed by atoms with Gasteiger partial charge in [0.2, 0.25) is 10.0 Å². The van der Waals surface area contributed by atoms with Gasteiger partial charge in [0.25, 0.3) is 11.8 Å². The van der Waals surface area contributed by atoms with Crippen LogP contribution < -0.4 is 10.6 Å². The number of sulfonamides is 1. The molecule has 1 fully saturated rings. The summed E-state index contributed by atoms with van der Waals surface area (Å²) in [6, 6.07) is 10.8. The Morgan fingerprint density at radius 2 is 1.67 bits per heavy atom. The molecule has 178 valence electrons. The number of nitrogens with one attached hydrogen (secondary N) is 2. The van der Waals surface area contributed by atoms with Crippen molar-refractivity contribution in [2.75, 3.05) is 18.4 Å². The Labute approximate surface area is 200 Å². The maximum Gasteiger partial charge on any atom is 0.257 e. The molecule has 0 spiro atoms. The first-order chi connectivity index (χ1) is 15.7. The fourth-order valence-electron chi connectivity index (χ4n) is 3.65. The van der Waals surface area contributed by atoms with E-state index in [4.69, 9.17) is 11.6 Å². The van der Waals surface area contributed by atoms with Gasteiger partial charge < -0.3 is 10.6 Å². The molecule has 1 aliphatic heterocycles. The lowest BCUT2D eigenvalue weighted by Crippen LogP contribution is -2.32. The summed E-state index contributed by atoms with van der Waals surface area (Å²) in [4.78, 5) is 25.7. The van der Waals surface area contributed by atoms with E-state index in [9.17, 15) is 18.0 Å². The summed E-state index contributed by atoms with van der Waals surface area (Å²) in [5.41, 5.74) is 0.667. The SMILES string of the molecule is CC[C@H](C)NC(=O)c1ccccc1NC(=O)c1cc(S(=O)(=O)N2CCCCCC2)ccc1Cl. The molecule has 1 saturated heterocycles.